The summed E-state index contributed by atoms with van der Waals surface area (Å²) < 4.78 is 5.42. The zero-order valence-corrected chi connectivity index (χ0v) is 12.6. The highest BCUT2D eigenvalue weighted by molar-refractivity contribution is 5.70. The van der Waals surface area contributed by atoms with E-state index in [-0.39, 0.29) is 5.92 Å². The summed E-state index contributed by atoms with van der Waals surface area (Å²) in [5.41, 5.74) is 0.851. The molecule has 22 heavy (non-hydrogen) atoms. The molecule has 122 valence electrons. The van der Waals surface area contributed by atoms with E-state index >= 15 is 0 Å². The van der Waals surface area contributed by atoms with Crippen molar-refractivity contribution in [2.75, 3.05) is 39.4 Å². The van der Waals surface area contributed by atoms with Gasteiger partial charge in [0.1, 0.15) is 0 Å². The van der Waals surface area contributed by atoms with E-state index in [4.69, 9.17) is 4.74 Å². The summed E-state index contributed by atoms with van der Waals surface area (Å²) in [6.45, 7) is 5.13. The fourth-order valence-electron chi connectivity index (χ4n) is 3.32. The van der Waals surface area contributed by atoms with Crippen molar-refractivity contribution < 1.29 is 14.6 Å². The molecule has 2 aliphatic heterocycles. The molecule has 2 N–H and O–H groups in total. The molecule has 0 unspecified atom stereocenters. The first-order chi connectivity index (χ1) is 10.7. The van der Waals surface area contributed by atoms with Crippen LogP contribution in [0.3, 0.4) is 0 Å². The lowest BCUT2D eigenvalue weighted by Gasteiger charge is -2.34. The Labute approximate surface area is 129 Å². The van der Waals surface area contributed by atoms with Crippen LogP contribution in [0.1, 0.15) is 18.5 Å². The molecule has 2 saturated heterocycles. The van der Waals surface area contributed by atoms with Crippen LogP contribution in [0, 0.1) is 5.92 Å². The molecule has 3 rings (SSSR count). The Bertz CT molecular complexity index is 475. The van der Waals surface area contributed by atoms with Crippen LogP contribution >= 0.6 is 0 Å². The molecule has 1 aromatic heterocycles. The molecule has 0 aromatic carbocycles. The van der Waals surface area contributed by atoms with Gasteiger partial charge in [-0.2, -0.15) is 15.4 Å². The lowest BCUT2D eigenvalue weighted by molar-refractivity contribution is -0.142. The van der Waals surface area contributed by atoms with Crippen LogP contribution in [-0.2, 0) is 16.1 Å². The third-order valence-electron chi connectivity index (χ3n) is 4.54. The fourth-order valence-corrected chi connectivity index (χ4v) is 3.32. The van der Waals surface area contributed by atoms with Crippen LogP contribution in [-0.4, -0.2) is 81.7 Å². The predicted octanol–water partition coefficient (Wildman–Crippen LogP) is -0.198. The van der Waals surface area contributed by atoms with Gasteiger partial charge in [-0.3, -0.25) is 14.6 Å². The second-order valence-corrected chi connectivity index (χ2v) is 6.07. The number of carbonyl (C=O) groups is 1. The third-order valence-corrected chi connectivity index (χ3v) is 4.54. The van der Waals surface area contributed by atoms with Gasteiger partial charge in [0.25, 0.3) is 0 Å². The molecule has 2 aliphatic rings. The summed E-state index contributed by atoms with van der Waals surface area (Å²) in [5, 5.41) is 20.0. The number of nitrogens with zero attached hydrogens (tertiary/aromatic N) is 4. The zero-order chi connectivity index (χ0) is 15.4. The lowest BCUT2D eigenvalue weighted by Crippen LogP contribution is -2.43. The van der Waals surface area contributed by atoms with Gasteiger partial charge in [-0.25, -0.2) is 0 Å². The molecule has 3 heterocycles. The summed E-state index contributed by atoms with van der Waals surface area (Å²) in [7, 11) is 0. The van der Waals surface area contributed by atoms with Crippen molar-refractivity contribution in [1.29, 1.82) is 0 Å². The highest BCUT2D eigenvalue weighted by atomic mass is 16.5. The van der Waals surface area contributed by atoms with E-state index in [2.05, 4.69) is 25.2 Å². The van der Waals surface area contributed by atoms with Gasteiger partial charge in [0.05, 0.1) is 17.8 Å². The topological polar surface area (TPSA) is 94.6 Å². The second kappa shape index (κ2) is 7.17. The Hall–Kier alpha value is -1.51. The Kier molecular flexibility index (Phi) is 5.01. The molecular weight excluding hydrogens is 286 g/mol. The van der Waals surface area contributed by atoms with Gasteiger partial charge in [-0.05, 0) is 12.8 Å². The largest absolute Gasteiger partial charge is 0.481 e. The summed E-state index contributed by atoms with van der Waals surface area (Å²) >= 11 is 0. The maximum absolute atomic E-state index is 11.6. The van der Waals surface area contributed by atoms with Crippen LogP contribution < -0.4 is 0 Å². The smallest absolute Gasteiger partial charge is 0.309 e. The minimum Gasteiger partial charge on any atom is -0.481 e. The molecular formula is C14H23N5O3. The van der Waals surface area contributed by atoms with Crippen LogP contribution in [0.15, 0.2) is 6.20 Å². The number of carboxylic acid groups (broad SMARTS) is 1. The molecule has 0 aliphatic carbocycles. The van der Waals surface area contributed by atoms with E-state index in [0.717, 1.165) is 44.8 Å². The normalized spacial score (nSPS) is 25.9. The Morgan fingerprint density at radius 3 is 2.86 bits per heavy atom. The molecule has 0 spiro atoms. The van der Waals surface area contributed by atoms with Gasteiger partial charge in [0.15, 0.2) is 0 Å². The average molecular weight is 309 g/mol. The number of rotatable bonds is 4. The highest BCUT2D eigenvalue weighted by Crippen LogP contribution is 2.20. The van der Waals surface area contributed by atoms with Crippen LogP contribution in [0.25, 0.3) is 0 Å². The Morgan fingerprint density at radius 1 is 1.36 bits per heavy atom. The number of hydrogen-bond acceptors (Lipinski definition) is 6. The lowest BCUT2D eigenvalue weighted by atomic mass is 10.0. The standard InChI is InChI=1S/C14H23N5O3/c20-14(21)11-8-18(10-12-7-15-17-16-12)3-4-19(9-11)13-1-5-22-6-2-13/h7,11,13H,1-6,8-10H2,(H,20,21)(H,15,16,17)/t11-/m1/s1. The number of carboxylic acids is 1. The maximum Gasteiger partial charge on any atom is 0.309 e. The molecule has 2 fully saturated rings. The first-order valence-electron chi connectivity index (χ1n) is 7.84. The van der Waals surface area contributed by atoms with E-state index in [9.17, 15) is 9.90 Å². The average Bonchev–Trinajstić information content (AvgIpc) is 2.93. The summed E-state index contributed by atoms with van der Waals surface area (Å²) in [6.07, 6.45) is 3.68. The Balaban J connectivity index is 1.65. The summed E-state index contributed by atoms with van der Waals surface area (Å²) in [5.74, 6) is -1.08. The number of aromatic amines is 1. The van der Waals surface area contributed by atoms with Crippen molar-refractivity contribution in [2.45, 2.75) is 25.4 Å². The van der Waals surface area contributed by atoms with Crippen LogP contribution in [0.5, 0.6) is 0 Å². The van der Waals surface area contributed by atoms with Crippen LogP contribution in [0.2, 0.25) is 0 Å². The van der Waals surface area contributed by atoms with E-state index in [1.807, 2.05) is 0 Å². The van der Waals surface area contributed by atoms with Gasteiger partial charge in [0, 0.05) is 52.0 Å². The van der Waals surface area contributed by atoms with Crippen molar-refractivity contribution in [3.63, 3.8) is 0 Å². The number of aliphatic carboxylic acids is 1. The van der Waals surface area contributed by atoms with Gasteiger partial charge < -0.3 is 9.84 Å². The SMILES string of the molecule is O=C(O)[C@@H]1CN(Cc2cn[nH]n2)CCN(C2CCOCC2)C1. The van der Waals surface area contributed by atoms with E-state index in [0.29, 0.717) is 25.7 Å². The summed E-state index contributed by atoms with van der Waals surface area (Å²) in [6, 6.07) is 0.447. The van der Waals surface area contributed by atoms with Crippen molar-refractivity contribution in [2.24, 2.45) is 5.92 Å². The molecule has 8 heteroatoms. The molecule has 1 aromatic rings. The predicted molar refractivity (Wildman–Crippen MR) is 78.2 cm³/mol. The minimum absolute atomic E-state index is 0.364. The van der Waals surface area contributed by atoms with E-state index in [1.165, 1.54) is 0 Å². The minimum atomic E-state index is -0.718. The fraction of sp³-hybridized carbons (Fsp3) is 0.786. The van der Waals surface area contributed by atoms with E-state index < -0.39 is 5.97 Å². The first kappa shape index (κ1) is 15.4. The van der Waals surface area contributed by atoms with Gasteiger partial charge >= 0.3 is 5.97 Å². The number of aromatic nitrogens is 3. The number of nitrogens with one attached hydrogen (secondary N) is 1. The molecule has 1 atom stereocenters. The Morgan fingerprint density at radius 2 is 2.18 bits per heavy atom. The monoisotopic (exact) mass is 309 g/mol. The van der Waals surface area contributed by atoms with Crippen LogP contribution in [0.4, 0.5) is 0 Å². The van der Waals surface area contributed by atoms with Gasteiger partial charge in [-0.1, -0.05) is 0 Å². The van der Waals surface area contributed by atoms with Crippen molar-refractivity contribution in [3.05, 3.63) is 11.9 Å². The van der Waals surface area contributed by atoms with Crippen molar-refractivity contribution in [1.82, 2.24) is 25.2 Å². The van der Waals surface area contributed by atoms with Gasteiger partial charge in [-0.15, -0.1) is 0 Å². The highest BCUT2D eigenvalue weighted by Gasteiger charge is 2.31. The van der Waals surface area contributed by atoms with Crippen molar-refractivity contribution >= 4 is 5.97 Å². The quantitative estimate of drug-likeness (QED) is 0.795. The third kappa shape index (κ3) is 3.82. The molecule has 0 bridgehead atoms. The molecule has 0 amide bonds. The number of hydrogen-bond donors (Lipinski definition) is 2. The van der Waals surface area contributed by atoms with Crippen molar-refractivity contribution in [3.8, 4) is 0 Å². The number of ether oxygens (including phenoxy) is 1. The molecule has 8 nitrogen and oxygen atoms in total. The first-order valence-corrected chi connectivity index (χ1v) is 7.84. The van der Waals surface area contributed by atoms with E-state index in [1.54, 1.807) is 6.20 Å². The molecule has 0 saturated carbocycles. The second-order valence-electron chi connectivity index (χ2n) is 6.07. The zero-order valence-electron chi connectivity index (χ0n) is 12.6. The van der Waals surface area contributed by atoms with Gasteiger partial charge in [0.2, 0.25) is 0 Å². The summed E-state index contributed by atoms with van der Waals surface area (Å²) in [4.78, 5) is 16.1. The maximum atomic E-state index is 11.6. The number of H-pyrrole nitrogens is 1. The molecule has 0 radical (unpaired) electrons.